The van der Waals surface area contributed by atoms with Gasteiger partial charge in [-0.3, -0.25) is 14.4 Å². The van der Waals surface area contributed by atoms with Gasteiger partial charge in [-0.05, 0) is 43.7 Å². The second-order valence-corrected chi connectivity index (χ2v) is 7.53. The van der Waals surface area contributed by atoms with Gasteiger partial charge in [-0.15, -0.1) is 0 Å². The van der Waals surface area contributed by atoms with E-state index < -0.39 is 5.97 Å². The standard InChI is InChI=1S/C23H29N3O4/c1-16-10-17(2)12-19(11-16)23(29)24-13-22(28)30-15-21(27)26(5)14-18-6-8-20(9-7-18)25(3)4/h6-12H,13-15H2,1-5H3,(H,24,29). The summed E-state index contributed by atoms with van der Waals surface area (Å²) in [5.41, 5.74) is 4.46. The molecule has 2 rings (SSSR count). The molecule has 0 fully saturated rings. The van der Waals surface area contributed by atoms with Crippen molar-refractivity contribution in [2.24, 2.45) is 0 Å². The summed E-state index contributed by atoms with van der Waals surface area (Å²) >= 11 is 0. The predicted molar refractivity (Wildman–Crippen MR) is 116 cm³/mol. The molecule has 0 aliphatic heterocycles. The molecule has 0 heterocycles. The Morgan fingerprint density at radius 2 is 1.53 bits per heavy atom. The number of nitrogens with one attached hydrogen (secondary N) is 1. The zero-order chi connectivity index (χ0) is 22.3. The van der Waals surface area contributed by atoms with Crippen LogP contribution < -0.4 is 10.2 Å². The highest BCUT2D eigenvalue weighted by Crippen LogP contribution is 2.13. The minimum absolute atomic E-state index is 0.297. The number of aryl methyl sites for hydroxylation is 2. The van der Waals surface area contributed by atoms with Gasteiger partial charge in [0.05, 0.1) is 0 Å². The van der Waals surface area contributed by atoms with Gasteiger partial charge in [0.25, 0.3) is 11.8 Å². The van der Waals surface area contributed by atoms with Crippen molar-refractivity contribution in [3.05, 3.63) is 64.7 Å². The number of ether oxygens (including phenoxy) is 1. The Balaban J connectivity index is 1.76. The largest absolute Gasteiger partial charge is 0.454 e. The number of hydrogen-bond donors (Lipinski definition) is 1. The van der Waals surface area contributed by atoms with Gasteiger partial charge in [0, 0.05) is 38.9 Å². The van der Waals surface area contributed by atoms with Crippen molar-refractivity contribution in [2.75, 3.05) is 39.2 Å². The zero-order valence-corrected chi connectivity index (χ0v) is 18.2. The second kappa shape index (κ2) is 10.4. The first-order chi connectivity index (χ1) is 14.2. The summed E-state index contributed by atoms with van der Waals surface area (Å²) < 4.78 is 5.00. The second-order valence-electron chi connectivity index (χ2n) is 7.53. The third-order valence-corrected chi connectivity index (χ3v) is 4.53. The molecule has 7 heteroatoms. The molecule has 0 aliphatic carbocycles. The summed E-state index contributed by atoms with van der Waals surface area (Å²) in [5.74, 6) is -1.34. The van der Waals surface area contributed by atoms with Crippen LogP contribution in [0.25, 0.3) is 0 Å². The van der Waals surface area contributed by atoms with E-state index in [0.29, 0.717) is 12.1 Å². The monoisotopic (exact) mass is 411 g/mol. The summed E-state index contributed by atoms with van der Waals surface area (Å²) in [5, 5.41) is 2.52. The summed E-state index contributed by atoms with van der Waals surface area (Å²) in [6.45, 7) is 3.54. The smallest absolute Gasteiger partial charge is 0.325 e. The average molecular weight is 412 g/mol. The van der Waals surface area contributed by atoms with Crippen molar-refractivity contribution in [3.63, 3.8) is 0 Å². The maximum Gasteiger partial charge on any atom is 0.325 e. The predicted octanol–water partition coefficient (Wildman–Crippen LogP) is 2.30. The van der Waals surface area contributed by atoms with E-state index in [2.05, 4.69) is 5.32 Å². The van der Waals surface area contributed by atoms with Crippen molar-refractivity contribution in [2.45, 2.75) is 20.4 Å². The van der Waals surface area contributed by atoms with Gasteiger partial charge in [-0.25, -0.2) is 0 Å². The van der Waals surface area contributed by atoms with Crippen LogP contribution in [0, 0.1) is 13.8 Å². The van der Waals surface area contributed by atoms with Crippen molar-refractivity contribution in [1.82, 2.24) is 10.2 Å². The molecule has 1 N–H and O–H groups in total. The van der Waals surface area contributed by atoms with Gasteiger partial charge in [0.15, 0.2) is 6.61 Å². The first-order valence-electron chi connectivity index (χ1n) is 9.68. The van der Waals surface area contributed by atoms with E-state index in [-0.39, 0.29) is 25.0 Å². The lowest BCUT2D eigenvalue weighted by Crippen LogP contribution is -2.34. The van der Waals surface area contributed by atoms with E-state index in [1.165, 1.54) is 4.90 Å². The molecular formula is C23H29N3O4. The minimum atomic E-state index is -0.662. The molecular weight excluding hydrogens is 382 g/mol. The number of likely N-dealkylation sites (N-methyl/N-ethyl adjacent to an activating group) is 1. The lowest BCUT2D eigenvalue weighted by atomic mass is 10.1. The van der Waals surface area contributed by atoms with E-state index >= 15 is 0 Å². The normalized spacial score (nSPS) is 10.3. The molecule has 0 unspecified atom stereocenters. The number of amides is 2. The van der Waals surface area contributed by atoms with Crippen LogP contribution >= 0.6 is 0 Å². The highest BCUT2D eigenvalue weighted by molar-refractivity contribution is 5.96. The molecule has 0 atom stereocenters. The van der Waals surface area contributed by atoms with Crippen LogP contribution in [0.2, 0.25) is 0 Å². The number of esters is 1. The van der Waals surface area contributed by atoms with Crippen molar-refractivity contribution >= 4 is 23.5 Å². The maximum atomic E-state index is 12.2. The Morgan fingerprint density at radius 3 is 2.10 bits per heavy atom. The molecule has 30 heavy (non-hydrogen) atoms. The number of anilines is 1. The highest BCUT2D eigenvalue weighted by Gasteiger charge is 2.14. The van der Waals surface area contributed by atoms with Crippen LogP contribution in [0.4, 0.5) is 5.69 Å². The summed E-state index contributed by atoms with van der Waals surface area (Å²) in [4.78, 5) is 39.8. The lowest BCUT2D eigenvalue weighted by Gasteiger charge is -2.18. The molecule has 0 aliphatic rings. The molecule has 0 aromatic heterocycles. The van der Waals surface area contributed by atoms with Gasteiger partial charge >= 0.3 is 5.97 Å². The fraction of sp³-hybridized carbons (Fsp3) is 0.348. The van der Waals surface area contributed by atoms with E-state index in [0.717, 1.165) is 22.4 Å². The number of hydrogen-bond acceptors (Lipinski definition) is 5. The van der Waals surface area contributed by atoms with Crippen molar-refractivity contribution < 1.29 is 19.1 Å². The van der Waals surface area contributed by atoms with Crippen LogP contribution in [0.5, 0.6) is 0 Å². The quantitative estimate of drug-likeness (QED) is 0.675. The van der Waals surface area contributed by atoms with E-state index in [9.17, 15) is 14.4 Å². The Morgan fingerprint density at radius 1 is 0.933 bits per heavy atom. The van der Waals surface area contributed by atoms with Gasteiger partial charge < -0.3 is 19.9 Å². The number of benzene rings is 2. The third-order valence-electron chi connectivity index (χ3n) is 4.53. The lowest BCUT2D eigenvalue weighted by molar-refractivity contribution is -0.150. The fourth-order valence-corrected chi connectivity index (χ4v) is 2.93. The van der Waals surface area contributed by atoms with Crippen molar-refractivity contribution in [1.29, 1.82) is 0 Å². The molecule has 0 saturated heterocycles. The molecule has 0 radical (unpaired) electrons. The van der Waals surface area contributed by atoms with Crippen LogP contribution in [0.1, 0.15) is 27.0 Å². The topological polar surface area (TPSA) is 78.9 Å². The molecule has 0 spiro atoms. The van der Waals surface area contributed by atoms with Crippen LogP contribution in [-0.2, 0) is 20.9 Å². The van der Waals surface area contributed by atoms with Crippen LogP contribution in [0.15, 0.2) is 42.5 Å². The summed E-state index contributed by atoms with van der Waals surface area (Å²) in [6.07, 6.45) is 0. The van der Waals surface area contributed by atoms with Gasteiger partial charge in [-0.2, -0.15) is 0 Å². The molecule has 0 bridgehead atoms. The van der Waals surface area contributed by atoms with Crippen molar-refractivity contribution in [3.8, 4) is 0 Å². The molecule has 7 nitrogen and oxygen atoms in total. The molecule has 0 saturated carbocycles. The van der Waals surface area contributed by atoms with Crippen LogP contribution in [0.3, 0.4) is 0 Å². The van der Waals surface area contributed by atoms with E-state index in [1.54, 1.807) is 19.2 Å². The summed E-state index contributed by atoms with van der Waals surface area (Å²) in [6, 6.07) is 13.3. The molecule has 2 aromatic carbocycles. The van der Waals surface area contributed by atoms with E-state index in [1.807, 2.05) is 63.2 Å². The Kier molecular flexibility index (Phi) is 7.98. The van der Waals surface area contributed by atoms with E-state index in [4.69, 9.17) is 4.74 Å². The van der Waals surface area contributed by atoms with Gasteiger partial charge in [0.1, 0.15) is 6.54 Å². The Hall–Kier alpha value is -3.35. The average Bonchev–Trinajstić information content (AvgIpc) is 2.69. The van der Waals surface area contributed by atoms with Gasteiger partial charge in [-0.1, -0.05) is 29.3 Å². The number of carbonyl (C=O) groups excluding carboxylic acids is 3. The Labute approximate surface area is 177 Å². The number of rotatable bonds is 8. The first kappa shape index (κ1) is 22.9. The SMILES string of the molecule is Cc1cc(C)cc(C(=O)NCC(=O)OCC(=O)N(C)Cc2ccc(N(C)C)cc2)c1. The maximum absolute atomic E-state index is 12.2. The first-order valence-corrected chi connectivity index (χ1v) is 9.68. The summed E-state index contributed by atoms with van der Waals surface area (Å²) in [7, 11) is 5.57. The van der Waals surface area contributed by atoms with Crippen LogP contribution in [-0.4, -0.2) is 57.0 Å². The minimum Gasteiger partial charge on any atom is -0.454 e. The highest BCUT2D eigenvalue weighted by atomic mass is 16.5. The number of carbonyl (C=O) groups is 3. The van der Waals surface area contributed by atoms with Gasteiger partial charge in [0.2, 0.25) is 0 Å². The zero-order valence-electron chi connectivity index (χ0n) is 18.2. The molecule has 160 valence electrons. The molecule has 2 amide bonds. The Bertz CT molecular complexity index is 887. The fourth-order valence-electron chi connectivity index (χ4n) is 2.93. The number of nitrogens with zero attached hydrogens (tertiary/aromatic N) is 2. The molecule has 2 aromatic rings. The third kappa shape index (κ3) is 6.92.